The molecule has 0 aliphatic carbocycles. The van der Waals surface area contributed by atoms with Crippen LogP contribution >= 0.6 is 0 Å². The van der Waals surface area contributed by atoms with Crippen LogP contribution < -0.4 is 20.8 Å². The van der Waals surface area contributed by atoms with Gasteiger partial charge in [-0.3, -0.25) is 14.2 Å². The van der Waals surface area contributed by atoms with Gasteiger partial charge in [0.2, 0.25) is 0 Å². The molecule has 8 heteroatoms. The molecular formula is C14H15N3O5. The second-order valence-electron chi connectivity index (χ2n) is 4.39. The maximum atomic E-state index is 12.1. The molecule has 2 aromatic rings. The number of carboxylic acid groups (broad SMARTS) is 1. The van der Waals surface area contributed by atoms with E-state index in [-0.39, 0.29) is 11.5 Å². The van der Waals surface area contributed by atoms with Crippen LogP contribution in [0.2, 0.25) is 0 Å². The van der Waals surface area contributed by atoms with Crippen LogP contribution in [0.1, 0.15) is 0 Å². The summed E-state index contributed by atoms with van der Waals surface area (Å²) in [6, 6.07) is 4.93. The number of aliphatic carboxylic acids is 1. The van der Waals surface area contributed by atoms with Crippen molar-refractivity contribution in [2.75, 3.05) is 20.0 Å². The number of nitrogen functional groups attached to an aromatic ring is 1. The summed E-state index contributed by atoms with van der Waals surface area (Å²) in [5, 5.41) is 9.00. The predicted octanol–water partition coefficient (Wildman–Crippen LogP) is 0.594. The van der Waals surface area contributed by atoms with Crippen molar-refractivity contribution in [3.05, 3.63) is 34.7 Å². The first-order valence-electron chi connectivity index (χ1n) is 6.27. The van der Waals surface area contributed by atoms with Gasteiger partial charge in [-0.1, -0.05) is 0 Å². The molecule has 1 aromatic heterocycles. The molecule has 2 rings (SSSR count). The highest BCUT2D eigenvalue weighted by atomic mass is 16.5. The lowest BCUT2D eigenvalue weighted by atomic mass is 10.1. The third-order valence-electron chi connectivity index (χ3n) is 3.01. The number of ether oxygens (including phenoxy) is 2. The zero-order valence-electron chi connectivity index (χ0n) is 12.1. The first-order chi connectivity index (χ1) is 10.5. The van der Waals surface area contributed by atoms with Crippen LogP contribution in [0.15, 0.2) is 29.2 Å². The monoisotopic (exact) mass is 305 g/mol. The van der Waals surface area contributed by atoms with Gasteiger partial charge in [-0.2, -0.15) is 0 Å². The second kappa shape index (κ2) is 6.17. The second-order valence-corrected chi connectivity index (χ2v) is 4.39. The quantitative estimate of drug-likeness (QED) is 0.830. The van der Waals surface area contributed by atoms with E-state index < -0.39 is 18.1 Å². The third kappa shape index (κ3) is 2.85. The number of methoxy groups -OCH3 is 2. The van der Waals surface area contributed by atoms with Crippen molar-refractivity contribution < 1.29 is 19.4 Å². The lowest BCUT2D eigenvalue weighted by Gasteiger charge is -2.14. The van der Waals surface area contributed by atoms with E-state index in [9.17, 15) is 9.59 Å². The molecule has 1 heterocycles. The summed E-state index contributed by atoms with van der Waals surface area (Å²) in [6.07, 6.45) is 1.19. The number of nitrogens with zero attached hydrogens (tertiary/aromatic N) is 2. The van der Waals surface area contributed by atoms with E-state index in [1.165, 1.54) is 20.4 Å². The van der Waals surface area contributed by atoms with Crippen LogP contribution in [-0.4, -0.2) is 34.8 Å². The topological polar surface area (TPSA) is 117 Å². The summed E-state index contributed by atoms with van der Waals surface area (Å²) in [5.74, 6) is -0.102. The van der Waals surface area contributed by atoms with Gasteiger partial charge in [-0.25, -0.2) is 4.98 Å². The number of rotatable bonds is 5. The minimum absolute atomic E-state index is 0.133. The largest absolute Gasteiger partial charge is 0.497 e. The fourth-order valence-electron chi connectivity index (χ4n) is 1.99. The van der Waals surface area contributed by atoms with Gasteiger partial charge in [0.15, 0.2) is 0 Å². The molecule has 8 nitrogen and oxygen atoms in total. The number of hydrogen-bond acceptors (Lipinski definition) is 6. The van der Waals surface area contributed by atoms with Gasteiger partial charge in [0.05, 0.1) is 26.0 Å². The van der Waals surface area contributed by atoms with E-state index in [4.69, 9.17) is 20.3 Å². The van der Waals surface area contributed by atoms with Crippen molar-refractivity contribution >= 4 is 11.7 Å². The highest BCUT2D eigenvalue weighted by Gasteiger charge is 2.17. The van der Waals surface area contributed by atoms with Gasteiger partial charge in [-0.15, -0.1) is 0 Å². The normalized spacial score (nSPS) is 10.3. The summed E-state index contributed by atoms with van der Waals surface area (Å²) in [7, 11) is 2.95. The minimum Gasteiger partial charge on any atom is -0.497 e. The maximum Gasteiger partial charge on any atom is 0.323 e. The molecule has 0 amide bonds. The van der Waals surface area contributed by atoms with Gasteiger partial charge >= 0.3 is 5.97 Å². The molecule has 0 fully saturated rings. The zero-order chi connectivity index (χ0) is 16.3. The van der Waals surface area contributed by atoms with Crippen LogP contribution in [0.3, 0.4) is 0 Å². The number of benzene rings is 1. The van der Waals surface area contributed by atoms with Gasteiger partial charge in [0, 0.05) is 0 Å². The minimum atomic E-state index is -1.18. The average Bonchev–Trinajstić information content (AvgIpc) is 2.51. The summed E-state index contributed by atoms with van der Waals surface area (Å²) < 4.78 is 11.4. The van der Waals surface area contributed by atoms with Crippen molar-refractivity contribution in [2.24, 2.45) is 0 Å². The lowest BCUT2D eigenvalue weighted by Crippen LogP contribution is -2.28. The fourth-order valence-corrected chi connectivity index (χ4v) is 1.99. The van der Waals surface area contributed by atoms with Crippen LogP contribution in [0.25, 0.3) is 11.4 Å². The zero-order valence-corrected chi connectivity index (χ0v) is 12.1. The molecule has 116 valence electrons. The van der Waals surface area contributed by atoms with E-state index in [1.54, 1.807) is 18.2 Å². The van der Waals surface area contributed by atoms with Crippen LogP contribution in [0.4, 0.5) is 5.69 Å². The molecule has 0 spiro atoms. The summed E-state index contributed by atoms with van der Waals surface area (Å²) in [6.45, 7) is -0.563. The van der Waals surface area contributed by atoms with Crippen molar-refractivity contribution in [3.8, 4) is 22.9 Å². The van der Waals surface area contributed by atoms with E-state index >= 15 is 0 Å². The van der Waals surface area contributed by atoms with Crippen molar-refractivity contribution in [3.63, 3.8) is 0 Å². The summed E-state index contributed by atoms with van der Waals surface area (Å²) in [5.41, 5.74) is 5.20. The first-order valence-corrected chi connectivity index (χ1v) is 6.27. The van der Waals surface area contributed by atoms with Gasteiger partial charge in [0.25, 0.3) is 5.56 Å². The molecule has 0 unspecified atom stereocenters. The number of hydrogen-bond donors (Lipinski definition) is 2. The Labute approximate surface area is 125 Å². The Morgan fingerprint density at radius 3 is 2.68 bits per heavy atom. The molecule has 3 N–H and O–H groups in total. The highest BCUT2D eigenvalue weighted by molar-refractivity contribution is 5.71. The van der Waals surface area contributed by atoms with E-state index in [0.29, 0.717) is 17.1 Å². The molecule has 0 atom stereocenters. The predicted molar refractivity (Wildman–Crippen MR) is 79.1 cm³/mol. The van der Waals surface area contributed by atoms with Crippen LogP contribution in [0.5, 0.6) is 11.5 Å². The smallest absolute Gasteiger partial charge is 0.323 e. The van der Waals surface area contributed by atoms with Crippen molar-refractivity contribution in [2.45, 2.75) is 6.54 Å². The number of nitrogens with two attached hydrogens (primary N) is 1. The maximum absolute atomic E-state index is 12.1. The van der Waals surface area contributed by atoms with E-state index in [2.05, 4.69) is 4.98 Å². The Balaban J connectivity index is 2.74. The number of anilines is 1. The van der Waals surface area contributed by atoms with Crippen molar-refractivity contribution in [1.29, 1.82) is 0 Å². The Bertz CT molecular complexity index is 770. The molecule has 22 heavy (non-hydrogen) atoms. The Hall–Kier alpha value is -3.03. The first kappa shape index (κ1) is 15.4. The molecule has 0 aliphatic rings. The summed E-state index contributed by atoms with van der Waals surface area (Å²) in [4.78, 5) is 27.2. The lowest BCUT2D eigenvalue weighted by molar-refractivity contribution is -0.137. The summed E-state index contributed by atoms with van der Waals surface area (Å²) >= 11 is 0. The number of aromatic nitrogens is 2. The average molecular weight is 305 g/mol. The molecule has 1 aromatic carbocycles. The molecular weight excluding hydrogens is 290 g/mol. The molecule has 0 saturated carbocycles. The van der Waals surface area contributed by atoms with Gasteiger partial charge in [-0.05, 0) is 18.2 Å². The Morgan fingerprint density at radius 2 is 2.09 bits per heavy atom. The van der Waals surface area contributed by atoms with Gasteiger partial charge < -0.3 is 20.3 Å². The molecule has 0 radical (unpaired) electrons. The Morgan fingerprint density at radius 1 is 1.36 bits per heavy atom. The third-order valence-corrected chi connectivity index (χ3v) is 3.01. The van der Waals surface area contributed by atoms with Crippen LogP contribution in [0, 0.1) is 0 Å². The van der Waals surface area contributed by atoms with E-state index in [0.717, 1.165) is 4.57 Å². The number of carboxylic acids is 1. The molecule has 0 aliphatic heterocycles. The fraction of sp³-hybridized carbons (Fsp3) is 0.214. The highest BCUT2D eigenvalue weighted by Crippen LogP contribution is 2.31. The van der Waals surface area contributed by atoms with E-state index in [1.807, 2.05) is 0 Å². The SMILES string of the molecule is COc1ccc(OC)c(-c2ncc(N)c(=O)n2CC(=O)O)c1. The Kier molecular flexibility index (Phi) is 4.31. The van der Waals surface area contributed by atoms with Crippen LogP contribution in [-0.2, 0) is 11.3 Å². The standard InChI is InChI=1S/C14H15N3O5/c1-21-8-3-4-11(22-2)9(5-8)13-16-6-10(15)14(20)17(13)7-12(18)19/h3-6H,7,15H2,1-2H3,(H,18,19). The molecule has 0 bridgehead atoms. The molecule has 0 saturated heterocycles. The van der Waals surface area contributed by atoms with Crippen molar-refractivity contribution in [1.82, 2.24) is 9.55 Å². The number of carbonyl (C=O) groups is 1. The van der Waals surface area contributed by atoms with Gasteiger partial charge in [0.1, 0.15) is 29.6 Å².